The van der Waals surface area contributed by atoms with Gasteiger partial charge in [-0.25, -0.2) is 4.79 Å². The Bertz CT molecular complexity index is 1350. The van der Waals surface area contributed by atoms with Crippen molar-refractivity contribution < 1.29 is 24.0 Å². The maximum Gasteiger partial charge on any atom is 0.359 e. The van der Waals surface area contributed by atoms with Crippen LogP contribution in [0.4, 0.5) is 11.4 Å². The first kappa shape index (κ1) is 23.4. The summed E-state index contributed by atoms with van der Waals surface area (Å²) in [5.41, 5.74) is 0.228. The number of nitro groups is 1. The SMILES string of the molecule is CCOC(=O)C1=NN(c2ccccc2)C(=O)/C1=C/N1C(=S)NC(=O)/C1=C\c1cccc([N+](=O)[O-])c1. The normalized spacial score (nSPS) is 17.7. The van der Waals surface area contributed by atoms with E-state index in [1.54, 1.807) is 43.3 Å². The molecular formula is C23H17N5O6S. The van der Waals surface area contributed by atoms with Crippen molar-refractivity contribution in [3.63, 3.8) is 0 Å². The van der Waals surface area contributed by atoms with Crippen LogP contribution in [0, 0.1) is 10.1 Å². The van der Waals surface area contributed by atoms with Gasteiger partial charge < -0.3 is 4.74 Å². The molecule has 1 N–H and O–H groups in total. The molecule has 35 heavy (non-hydrogen) atoms. The molecule has 2 heterocycles. The van der Waals surface area contributed by atoms with E-state index in [9.17, 15) is 24.5 Å². The maximum atomic E-state index is 13.3. The van der Waals surface area contributed by atoms with Crippen LogP contribution in [0.25, 0.3) is 6.08 Å². The summed E-state index contributed by atoms with van der Waals surface area (Å²) in [4.78, 5) is 50.2. The number of esters is 1. The van der Waals surface area contributed by atoms with Crippen LogP contribution in [0.3, 0.4) is 0 Å². The number of hydrogen-bond acceptors (Lipinski definition) is 8. The van der Waals surface area contributed by atoms with E-state index in [1.807, 2.05) is 0 Å². The molecule has 0 radical (unpaired) electrons. The summed E-state index contributed by atoms with van der Waals surface area (Å²) < 4.78 is 5.06. The van der Waals surface area contributed by atoms with E-state index < -0.39 is 22.7 Å². The number of amides is 2. The van der Waals surface area contributed by atoms with Crippen molar-refractivity contribution in [3.8, 4) is 0 Å². The van der Waals surface area contributed by atoms with Gasteiger partial charge in [0.25, 0.3) is 17.5 Å². The average Bonchev–Trinajstić information content (AvgIpc) is 3.31. The topological polar surface area (TPSA) is 134 Å². The first-order valence-electron chi connectivity index (χ1n) is 10.3. The van der Waals surface area contributed by atoms with E-state index in [4.69, 9.17) is 17.0 Å². The van der Waals surface area contributed by atoms with Gasteiger partial charge >= 0.3 is 5.97 Å². The second-order valence-corrected chi connectivity index (χ2v) is 7.56. The Balaban J connectivity index is 1.77. The van der Waals surface area contributed by atoms with Crippen LogP contribution in [-0.2, 0) is 19.1 Å². The fraction of sp³-hybridized carbons (Fsp3) is 0.0870. The highest BCUT2D eigenvalue weighted by Gasteiger charge is 2.39. The van der Waals surface area contributed by atoms with Crippen LogP contribution in [0.1, 0.15) is 12.5 Å². The highest BCUT2D eigenvalue weighted by atomic mass is 32.1. The summed E-state index contributed by atoms with van der Waals surface area (Å²) in [6.45, 7) is 1.68. The Morgan fingerprint density at radius 2 is 1.94 bits per heavy atom. The number of anilines is 1. The number of nitro benzene ring substituents is 1. The quantitative estimate of drug-likeness (QED) is 0.214. The third-order valence-electron chi connectivity index (χ3n) is 4.92. The molecule has 12 heteroatoms. The van der Waals surface area contributed by atoms with Crippen molar-refractivity contribution >= 4 is 58.3 Å². The number of nitrogens with zero attached hydrogens (tertiary/aromatic N) is 4. The molecule has 2 aromatic rings. The van der Waals surface area contributed by atoms with Crippen molar-refractivity contribution in [2.45, 2.75) is 6.92 Å². The lowest BCUT2D eigenvalue weighted by molar-refractivity contribution is -0.384. The minimum Gasteiger partial charge on any atom is -0.461 e. The minimum atomic E-state index is -0.820. The lowest BCUT2D eigenvalue weighted by Gasteiger charge is -2.14. The van der Waals surface area contributed by atoms with Crippen molar-refractivity contribution in [1.29, 1.82) is 0 Å². The van der Waals surface area contributed by atoms with Crippen LogP contribution in [0.15, 0.2) is 77.2 Å². The molecule has 4 rings (SSSR count). The summed E-state index contributed by atoms with van der Waals surface area (Å²) in [6, 6.07) is 14.1. The van der Waals surface area contributed by atoms with Gasteiger partial charge in [-0.3, -0.25) is 29.9 Å². The fourth-order valence-electron chi connectivity index (χ4n) is 3.34. The van der Waals surface area contributed by atoms with Gasteiger partial charge in [-0.1, -0.05) is 30.3 Å². The van der Waals surface area contributed by atoms with E-state index >= 15 is 0 Å². The smallest absolute Gasteiger partial charge is 0.359 e. The molecule has 2 amide bonds. The van der Waals surface area contributed by atoms with Crippen LogP contribution in [-0.4, -0.2) is 45.0 Å². The van der Waals surface area contributed by atoms with Crippen molar-refractivity contribution in [2.24, 2.45) is 5.10 Å². The van der Waals surface area contributed by atoms with Crippen LogP contribution >= 0.6 is 12.2 Å². The molecule has 0 aromatic heterocycles. The molecule has 176 valence electrons. The molecule has 0 aliphatic carbocycles. The van der Waals surface area contributed by atoms with Crippen molar-refractivity contribution in [1.82, 2.24) is 10.2 Å². The molecule has 11 nitrogen and oxygen atoms in total. The third kappa shape index (κ3) is 4.68. The standard InChI is InChI=1S/C23H17N5O6S/c1-2-34-22(31)19-17(21(30)27(25-19)15-8-4-3-5-9-15)13-26-18(20(29)24-23(26)35)12-14-7-6-10-16(11-14)28(32)33/h3-13H,2H2,1H3,(H,24,29,35)/b17-13+,18-12+. The number of hydrazone groups is 1. The Labute approximate surface area is 204 Å². The number of hydrogen-bond donors (Lipinski definition) is 1. The highest BCUT2D eigenvalue weighted by Crippen LogP contribution is 2.27. The second-order valence-electron chi connectivity index (χ2n) is 7.18. The van der Waals surface area contributed by atoms with Gasteiger partial charge in [0, 0.05) is 18.3 Å². The molecule has 2 aliphatic heterocycles. The zero-order valence-electron chi connectivity index (χ0n) is 18.2. The third-order valence-corrected chi connectivity index (χ3v) is 5.22. The number of carbonyl (C=O) groups excluding carboxylic acids is 3. The van der Waals surface area contributed by atoms with Gasteiger partial charge in [0.15, 0.2) is 10.8 Å². The number of benzene rings is 2. The van der Waals surface area contributed by atoms with E-state index in [2.05, 4.69) is 10.4 Å². The minimum absolute atomic E-state index is 0.00262. The van der Waals surface area contributed by atoms with Gasteiger partial charge in [0.05, 0.1) is 22.8 Å². The van der Waals surface area contributed by atoms with Crippen molar-refractivity contribution in [2.75, 3.05) is 11.6 Å². The zero-order valence-corrected chi connectivity index (χ0v) is 19.0. The van der Waals surface area contributed by atoms with Crippen molar-refractivity contribution in [3.05, 3.63) is 87.7 Å². The Hall–Kier alpha value is -4.71. The molecule has 0 spiro atoms. The monoisotopic (exact) mass is 491 g/mol. The van der Waals surface area contributed by atoms with E-state index in [1.165, 1.54) is 35.4 Å². The number of thiocarbonyl (C=S) groups is 1. The Morgan fingerprint density at radius 1 is 1.20 bits per heavy atom. The molecule has 0 unspecified atom stereocenters. The molecule has 2 aromatic carbocycles. The summed E-state index contributed by atoms with van der Waals surface area (Å²) in [7, 11) is 0. The lowest BCUT2D eigenvalue weighted by atomic mass is 10.1. The average molecular weight is 491 g/mol. The zero-order chi connectivity index (χ0) is 25.1. The first-order chi connectivity index (χ1) is 16.8. The second kappa shape index (κ2) is 9.65. The molecule has 1 saturated heterocycles. The maximum absolute atomic E-state index is 13.3. The molecule has 0 saturated carbocycles. The summed E-state index contributed by atoms with van der Waals surface area (Å²) in [6.07, 6.45) is 2.61. The summed E-state index contributed by atoms with van der Waals surface area (Å²) >= 11 is 5.25. The Morgan fingerprint density at radius 3 is 2.63 bits per heavy atom. The molecule has 1 fully saturated rings. The predicted molar refractivity (Wildman–Crippen MR) is 130 cm³/mol. The lowest BCUT2D eigenvalue weighted by Crippen LogP contribution is -2.28. The van der Waals surface area contributed by atoms with Gasteiger partial charge in [-0.15, -0.1) is 0 Å². The van der Waals surface area contributed by atoms with Gasteiger partial charge in [0.2, 0.25) is 0 Å². The predicted octanol–water partition coefficient (Wildman–Crippen LogP) is 2.50. The van der Waals surface area contributed by atoms with Crippen LogP contribution in [0.2, 0.25) is 0 Å². The summed E-state index contributed by atoms with van der Waals surface area (Å²) in [5.74, 6) is -2.03. The largest absolute Gasteiger partial charge is 0.461 e. The van der Waals surface area contributed by atoms with Crippen LogP contribution < -0.4 is 10.3 Å². The van der Waals surface area contributed by atoms with E-state index in [0.717, 1.165) is 5.01 Å². The number of para-hydroxylation sites is 1. The Kier molecular flexibility index (Phi) is 6.46. The van der Waals surface area contributed by atoms with E-state index in [-0.39, 0.29) is 34.4 Å². The first-order valence-corrected chi connectivity index (χ1v) is 10.7. The molecular weight excluding hydrogens is 474 g/mol. The molecule has 2 aliphatic rings. The number of ether oxygens (including phenoxy) is 1. The van der Waals surface area contributed by atoms with Gasteiger partial charge in [-0.2, -0.15) is 10.1 Å². The fourth-order valence-corrected chi connectivity index (χ4v) is 3.59. The number of rotatable bonds is 6. The number of nitrogens with one attached hydrogen (secondary N) is 1. The van der Waals surface area contributed by atoms with Gasteiger partial charge in [0.1, 0.15) is 5.70 Å². The number of carbonyl (C=O) groups is 3. The summed E-state index contributed by atoms with van der Waals surface area (Å²) in [5, 5.41) is 18.7. The highest BCUT2D eigenvalue weighted by molar-refractivity contribution is 7.80. The van der Waals surface area contributed by atoms with E-state index in [0.29, 0.717) is 11.3 Å². The molecule has 0 bridgehead atoms. The van der Waals surface area contributed by atoms with Crippen LogP contribution in [0.5, 0.6) is 0 Å². The number of non-ortho nitro benzene ring substituents is 1. The van der Waals surface area contributed by atoms with Gasteiger partial charge in [-0.05, 0) is 42.9 Å². The molecule has 0 atom stereocenters.